The average molecular weight is 456 g/mol. The largest absolute Gasteiger partial charge is 0.480 e. The fourth-order valence-electron chi connectivity index (χ4n) is 2.73. The number of alkyl halides is 6. The highest BCUT2D eigenvalue weighted by molar-refractivity contribution is 5.94. The molecule has 0 aliphatic rings. The van der Waals surface area contributed by atoms with Gasteiger partial charge in [0.2, 0.25) is 0 Å². The Morgan fingerprint density at radius 2 is 1.55 bits per heavy atom. The van der Waals surface area contributed by atoms with Crippen LogP contribution in [0.3, 0.4) is 0 Å². The van der Waals surface area contributed by atoms with Gasteiger partial charge in [-0.3, -0.25) is 14.9 Å². The Bertz CT molecular complexity index is 760. The van der Waals surface area contributed by atoms with E-state index in [0.717, 1.165) is 0 Å². The summed E-state index contributed by atoms with van der Waals surface area (Å²) in [5.41, 5.74) is -4.15. The highest BCUT2D eigenvalue weighted by Gasteiger charge is 2.37. The van der Waals surface area contributed by atoms with Crippen LogP contribution in [0.5, 0.6) is 0 Å². The van der Waals surface area contributed by atoms with Gasteiger partial charge in [-0.1, -0.05) is 13.8 Å². The molecular formula is C19H22F6N2O4. The number of rotatable bonds is 10. The molecule has 0 saturated heterocycles. The molecule has 0 saturated carbocycles. The summed E-state index contributed by atoms with van der Waals surface area (Å²) in [6, 6.07) is -1.57. The number of aldehydes is 1. The summed E-state index contributed by atoms with van der Waals surface area (Å²) in [5, 5.41) is 13.9. The SMILES string of the molecule is CC(C)CC(C=O)NC(CCNC(=O)c1cc(C(F)(F)F)cc(C(F)(F)F)c1)C(=O)O. The van der Waals surface area contributed by atoms with Gasteiger partial charge in [-0.2, -0.15) is 26.3 Å². The van der Waals surface area contributed by atoms with Crippen LogP contribution < -0.4 is 10.6 Å². The monoisotopic (exact) mass is 456 g/mol. The molecule has 0 fully saturated rings. The van der Waals surface area contributed by atoms with E-state index in [0.29, 0.717) is 12.7 Å². The molecule has 3 N–H and O–H groups in total. The fraction of sp³-hybridized carbons (Fsp3) is 0.526. The standard InChI is InChI=1S/C19H22F6N2O4/c1-10(2)5-14(9-28)27-15(17(30)31)3-4-26-16(29)11-6-12(18(20,21)22)8-13(7-11)19(23,24)25/h6-10,14-15,27H,3-5H2,1-2H3,(H,26,29)(H,30,31). The fourth-order valence-corrected chi connectivity index (χ4v) is 2.73. The maximum absolute atomic E-state index is 12.9. The minimum Gasteiger partial charge on any atom is -0.480 e. The second kappa shape index (κ2) is 10.6. The van der Waals surface area contributed by atoms with E-state index in [1.165, 1.54) is 0 Å². The zero-order chi connectivity index (χ0) is 24.0. The van der Waals surface area contributed by atoms with Gasteiger partial charge in [0.25, 0.3) is 5.91 Å². The van der Waals surface area contributed by atoms with Crippen molar-refractivity contribution in [3.05, 3.63) is 34.9 Å². The predicted octanol–water partition coefficient (Wildman–Crippen LogP) is 3.50. The van der Waals surface area contributed by atoms with Gasteiger partial charge in [-0.15, -0.1) is 0 Å². The number of hydrogen-bond donors (Lipinski definition) is 3. The van der Waals surface area contributed by atoms with Crippen LogP contribution in [0.15, 0.2) is 18.2 Å². The minimum atomic E-state index is -5.10. The van der Waals surface area contributed by atoms with Gasteiger partial charge in [0.1, 0.15) is 12.3 Å². The van der Waals surface area contributed by atoms with Crippen LogP contribution >= 0.6 is 0 Å². The lowest BCUT2D eigenvalue weighted by Crippen LogP contribution is -2.46. The van der Waals surface area contributed by atoms with Gasteiger partial charge >= 0.3 is 18.3 Å². The molecule has 0 spiro atoms. The molecule has 0 bridgehead atoms. The van der Waals surface area contributed by atoms with Crippen LogP contribution in [0.2, 0.25) is 0 Å². The van der Waals surface area contributed by atoms with Crippen molar-refractivity contribution in [2.24, 2.45) is 5.92 Å². The topological polar surface area (TPSA) is 95.5 Å². The molecule has 0 aromatic heterocycles. The number of nitrogens with one attached hydrogen (secondary N) is 2. The Morgan fingerprint density at radius 1 is 1.03 bits per heavy atom. The third kappa shape index (κ3) is 8.56. The number of carbonyl (C=O) groups is 3. The number of amides is 1. The normalized spacial score (nSPS) is 14.2. The van der Waals surface area contributed by atoms with E-state index in [1.54, 1.807) is 0 Å². The Labute approximate surface area is 174 Å². The van der Waals surface area contributed by atoms with Crippen molar-refractivity contribution in [1.29, 1.82) is 0 Å². The lowest BCUT2D eigenvalue weighted by molar-refractivity contribution is -0.143. The van der Waals surface area contributed by atoms with Crippen molar-refractivity contribution in [3.63, 3.8) is 0 Å². The van der Waals surface area contributed by atoms with Crippen LogP contribution in [0, 0.1) is 5.92 Å². The number of carboxylic acid groups (broad SMARTS) is 1. The van der Waals surface area contributed by atoms with E-state index in [-0.39, 0.29) is 37.1 Å². The summed E-state index contributed by atoms with van der Waals surface area (Å²) in [5.74, 6) is -2.47. The molecule has 1 amide bonds. The third-order valence-electron chi connectivity index (χ3n) is 4.17. The first-order chi connectivity index (χ1) is 14.1. The van der Waals surface area contributed by atoms with E-state index in [2.05, 4.69) is 10.6 Å². The number of halogens is 6. The summed E-state index contributed by atoms with van der Waals surface area (Å²) >= 11 is 0. The van der Waals surface area contributed by atoms with Gasteiger partial charge in [-0.25, -0.2) is 0 Å². The molecule has 6 nitrogen and oxygen atoms in total. The molecule has 0 heterocycles. The Hall–Kier alpha value is -2.63. The molecule has 12 heteroatoms. The summed E-state index contributed by atoms with van der Waals surface area (Å²) in [7, 11) is 0. The van der Waals surface area contributed by atoms with Gasteiger partial charge in [0.15, 0.2) is 0 Å². The molecule has 0 aliphatic carbocycles. The first kappa shape index (κ1) is 26.4. The van der Waals surface area contributed by atoms with Crippen molar-refractivity contribution >= 4 is 18.2 Å². The van der Waals surface area contributed by atoms with Crippen molar-refractivity contribution in [2.75, 3.05) is 6.54 Å². The molecule has 2 atom stereocenters. The van der Waals surface area contributed by atoms with Crippen LogP contribution in [-0.2, 0) is 21.9 Å². The maximum Gasteiger partial charge on any atom is 0.416 e. The molecule has 1 aromatic carbocycles. The van der Waals surface area contributed by atoms with E-state index in [9.17, 15) is 45.8 Å². The number of aliphatic carboxylic acids is 1. The Balaban J connectivity index is 2.91. The Kier molecular flexibility index (Phi) is 9.03. The molecule has 1 aromatic rings. The van der Waals surface area contributed by atoms with Gasteiger partial charge in [0, 0.05) is 12.1 Å². The van der Waals surface area contributed by atoms with Crippen LogP contribution in [-0.4, -0.2) is 41.9 Å². The molecule has 31 heavy (non-hydrogen) atoms. The first-order valence-electron chi connectivity index (χ1n) is 9.17. The van der Waals surface area contributed by atoms with Crippen LogP contribution in [0.1, 0.15) is 48.2 Å². The second-order valence-electron chi connectivity index (χ2n) is 7.27. The molecule has 1 rings (SSSR count). The summed E-state index contributed by atoms with van der Waals surface area (Å²) in [6.45, 7) is 3.27. The zero-order valence-electron chi connectivity index (χ0n) is 16.6. The lowest BCUT2D eigenvalue weighted by atomic mass is 10.0. The van der Waals surface area contributed by atoms with E-state index in [1.807, 2.05) is 13.8 Å². The summed E-state index contributed by atoms with van der Waals surface area (Å²) in [6.07, 6.45) is -9.57. The predicted molar refractivity (Wildman–Crippen MR) is 97.3 cm³/mol. The van der Waals surface area contributed by atoms with E-state index >= 15 is 0 Å². The van der Waals surface area contributed by atoms with E-state index < -0.39 is 53.0 Å². The van der Waals surface area contributed by atoms with Gasteiger partial charge in [-0.05, 0) is 37.0 Å². The van der Waals surface area contributed by atoms with Crippen molar-refractivity contribution in [1.82, 2.24) is 10.6 Å². The maximum atomic E-state index is 12.9. The van der Waals surface area contributed by atoms with Gasteiger partial charge < -0.3 is 15.2 Å². The minimum absolute atomic E-state index is 0.0839. The first-order valence-corrected chi connectivity index (χ1v) is 9.17. The molecule has 2 unspecified atom stereocenters. The van der Waals surface area contributed by atoms with Gasteiger partial charge in [0.05, 0.1) is 17.2 Å². The highest BCUT2D eigenvalue weighted by Crippen LogP contribution is 2.36. The molecular weight excluding hydrogens is 434 g/mol. The summed E-state index contributed by atoms with van der Waals surface area (Å²) in [4.78, 5) is 34.5. The highest BCUT2D eigenvalue weighted by atomic mass is 19.4. The van der Waals surface area contributed by atoms with Crippen molar-refractivity contribution in [3.8, 4) is 0 Å². The molecule has 0 aliphatic heterocycles. The number of benzene rings is 1. The zero-order valence-corrected chi connectivity index (χ0v) is 16.6. The number of hydrogen-bond acceptors (Lipinski definition) is 4. The van der Waals surface area contributed by atoms with Crippen molar-refractivity contribution < 1.29 is 45.8 Å². The second-order valence-corrected chi connectivity index (χ2v) is 7.27. The molecule has 0 radical (unpaired) electrons. The van der Waals surface area contributed by atoms with E-state index in [4.69, 9.17) is 0 Å². The number of carboxylic acids is 1. The smallest absolute Gasteiger partial charge is 0.416 e. The lowest BCUT2D eigenvalue weighted by Gasteiger charge is -2.21. The quantitative estimate of drug-likeness (QED) is 0.370. The third-order valence-corrected chi connectivity index (χ3v) is 4.17. The van der Waals surface area contributed by atoms with Crippen LogP contribution in [0.25, 0.3) is 0 Å². The van der Waals surface area contributed by atoms with Crippen LogP contribution in [0.4, 0.5) is 26.3 Å². The molecule has 174 valence electrons. The number of carbonyl (C=O) groups excluding carboxylic acids is 2. The summed E-state index contributed by atoms with van der Waals surface area (Å²) < 4.78 is 77.3. The Morgan fingerprint density at radius 3 is 1.94 bits per heavy atom. The van der Waals surface area contributed by atoms with Crippen molar-refractivity contribution in [2.45, 2.75) is 51.1 Å². The average Bonchev–Trinajstić information content (AvgIpc) is 2.63.